The third kappa shape index (κ3) is 3.65. The molecule has 0 bridgehead atoms. The average molecular weight is 327 g/mol. The topological polar surface area (TPSA) is 29.5 Å². The number of benzene rings is 2. The zero-order valence-electron chi connectivity index (χ0n) is 14.0. The molecular formula is C20H22FNO2. The van der Waals surface area contributed by atoms with Crippen molar-refractivity contribution in [1.29, 1.82) is 0 Å². The molecular weight excluding hydrogens is 305 g/mol. The number of ether oxygens (including phenoxy) is 1. The molecule has 2 aromatic carbocycles. The van der Waals surface area contributed by atoms with Crippen molar-refractivity contribution in [2.45, 2.75) is 25.9 Å². The van der Waals surface area contributed by atoms with Gasteiger partial charge in [0.25, 0.3) is 5.91 Å². The first-order chi connectivity index (χ1) is 11.5. The molecule has 1 amide bonds. The number of hydrogen-bond acceptors (Lipinski definition) is 2. The van der Waals surface area contributed by atoms with Crippen LogP contribution in [0.25, 0.3) is 0 Å². The summed E-state index contributed by atoms with van der Waals surface area (Å²) in [5, 5.41) is 0. The van der Waals surface area contributed by atoms with Gasteiger partial charge >= 0.3 is 0 Å². The van der Waals surface area contributed by atoms with Gasteiger partial charge in [-0.3, -0.25) is 4.79 Å². The lowest BCUT2D eigenvalue weighted by atomic mass is 10.0. The molecule has 1 saturated heterocycles. The zero-order chi connectivity index (χ0) is 17.1. The second kappa shape index (κ2) is 7.14. The van der Waals surface area contributed by atoms with Crippen LogP contribution in [0.4, 0.5) is 4.39 Å². The van der Waals surface area contributed by atoms with E-state index >= 15 is 0 Å². The van der Waals surface area contributed by atoms with E-state index in [1.54, 1.807) is 12.1 Å². The molecule has 0 N–H and O–H groups in total. The Labute approximate surface area is 142 Å². The lowest BCUT2D eigenvalue weighted by Crippen LogP contribution is -2.42. The van der Waals surface area contributed by atoms with Crippen molar-refractivity contribution in [1.82, 2.24) is 4.90 Å². The first-order valence-corrected chi connectivity index (χ1v) is 8.31. The van der Waals surface area contributed by atoms with Crippen molar-refractivity contribution in [3.8, 4) is 0 Å². The van der Waals surface area contributed by atoms with E-state index in [0.717, 1.165) is 5.56 Å². The van der Waals surface area contributed by atoms with Gasteiger partial charge in [-0.05, 0) is 41.3 Å². The van der Waals surface area contributed by atoms with Gasteiger partial charge in [0.1, 0.15) is 11.9 Å². The van der Waals surface area contributed by atoms with Gasteiger partial charge in [0.15, 0.2) is 0 Å². The fraction of sp³-hybridized carbons (Fsp3) is 0.350. The van der Waals surface area contributed by atoms with Crippen LogP contribution in [0.5, 0.6) is 0 Å². The average Bonchev–Trinajstić information content (AvgIpc) is 2.62. The first-order valence-electron chi connectivity index (χ1n) is 8.31. The molecule has 24 heavy (non-hydrogen) atoms. The summed E-state index contributed by atoms with van der Waals surface area (Å²) < 4.78 is 18.8. The van der Waals surface area contributed by atoms with E-state index in [-0.39, 0.29) is 17.8 Å². The Hall–Kier alpha value is -2.20. The van der Waals surface area contributed by atoms with Gasteiger partial charge in [0, 0.05) is 12.1 Å². The predicted molar refractivity (Wildman–Crippen MR) is 91.5 cm³/mol. The highest BCUT2D eigenvalue weighted by Gasteiger charge is 2.26. The highest BCUT2D eigenvalue weighted by Crippen LogP contribution is 2.24. The zero-order valence-corrected chi connectivity index (χ0v) is 14.0. The number of morpholine rings is 1. The lowest BCUT2D eigenvalue weighted by Gasteiger charge is -2.33. The molecule has 4 heteroatoms. The number of hydrogen-bond donors (Lipinski definition) is 0. The van der Waals surface area contributed by atoms with Crippen LogP contribution < -0.4 is 0 Å². The molecule has 1 atom stereocenters. The molecule has 1 unspecified atom stereocenters. The van der Waals surface area contributed by atoms with Gasteiger partial charge in [-0.1, -0.05) is 38.1 Å². The molecule has 1 aliphatic rings. The van der Waals surface area contributed by atoms with E-state index in [4.69, 9.17) is 4.74 Å². The summed E-state index contributed by atoms with van der Waals surface area (Å²) in [5.74, 6) is 0.189. The molecule has 2 aromatic rings. The molecule has 1 fully saturated rings. The SMILES string of the molecule is CC(C)c1ccc(C(=O)N2CCOC(c3ccc(F)cc3)C2)cc1. The number of nitrogens with zero attached hydrogens (tertiary/aromatic N) is 1. The Balaban J connectivity index is 1.71. The minimum atomic E-state index is -0.271. The Morgan fingerprint density at radius 3 is 2.42 bits per heavy atom. The molecule has 1 heterocycles. The Morgan fingerprint density at radius 1 is 1.12 bits per heavy atom. The first kappa shape index (κ1) is 16.7. The Kier molecular flexibility index (Phi) is 4.95. The van der Waals surface area contributed by atoms with E-state index in [1.165, 1.54) is 17.7 Å². The number of amides is 1. The fourth-order valence-corrected chi connectivity index (χ4v) is 2.91. The second-order valence-corrected chi connectivity index (χ2v) is 6.44. The van der Waals surface area contributed by atoms with Crippen LogP contribution in [-0.4, -0.2) is 30.5 Å². The molecule has 3 nitrogen and oxygen atoms in total. The third-order valence-electron chi connectivity index (χ3n) is 4.42. The third-order valence-corrected chi connectivity index (χ3v) is 4.42. The van der Waals surface area contributed by atoms with Crippen molar-refractivity contribution < 1.29 is 13.9 Å². The normalized spacial score (nSPS) is 18.0. The van der Waals surface area contributed by atoms with E-state index in [1.807, 2.05) is 29.2 Å². The fourth-order valence-electron chi connectivity index (χ4n) is 2.91. The standard InChI is InChI=1S/C20H22FNO2/c1-14(2)15-3-5-17(6-4-15)20(23)22-11-12-24-19(13-22)16-7-9-18(21)10-8-16/h3-10,14,19H,11-13H2,1-2H3. The summed E-state index contributed by atoms with van der Waals surface area (Å²) in [6.45, 7) is 5.80. The van der Waals surface area contributed by atoms with Gasteiger partial charge in [0.05, 0.1) is 13.2 Å². The van der Waals surface area contributed by atoms with Crippen LogP contribution in [0.3, 0.4) is 0 Å². The molecule has 0 aliphatic carbocycles. The van der Waals surface area contributed by atoms with Crippen LogP contribution in [-0.2, 0) is 4.74 Å². The number of carbonyl (C=O) groups is 1. The predicted octanol–water partition coefficient (Wildman–Crippen LogP) is 4.16. The molecule has 126 valence electrons. The highest BCUT2D eigenvalue weighted by atomic mass is 19.1. The number of carbonyl (C=O) groups excluding carboxylic acids is 1. The summed E-state index contributed by atoms with van der Waals surface area (Å²) in [6.07, 6.45) is -0.210. The monoisotopic (exact) mass is 327 g/mol. The van der Waals surface area contributed by atoms with Crippen LogP contribution in [0.2, 0.25) is 0 Å². The van der Waals surface area contributed by atoms with E-state index < -0.39 is 0 Å². The number of halogens is 1. The van der Waals surface area contributed by atoms with Gasteiger partial charge in [-0.2, -0.15) is 0 Å². The van der Waals surface area contributed by atoms with E-state index in [9.17, 15) is 9.18 Å². The van der Waals surface area contributed by atoms with E-state index in [0.29, 0.717) is 31.2 Å². The summed E-state index contributed by atoms with van der Waals surface area (Å²) in [5.41, 5.74) is 2.81. The van der Waals surface area contributed by atoms with Crippen LogP contribution in [0, 0.1) is 5.82 Å². The Morgan fingerprint density at radius 2 is 1.79 bits per heavy atom. The van der Waals surface area contributed by atoms with Crippen LogP contribution in [0.1, 0.15) is 47.4 Å². The summed E-state index contributed by atoms with van der Waals surface area (Å²) in [7, 11) is 0. The molecule has 0 aromatic heterocycles. The maximum absolute atomic E-state index is 13.1. The lowest BCUT2D eigenvalue weighted by molar-refractivity contribution is -0.0228. The molecule has 3 rings (SSSR count). The molecule has 0 spiro atoms. The molecule has 1 aliphatic heterocycles. The Bertz CT molecular complexity index is 695. The maximum atomic E-state index is 13.1. The van der Waals surface area contributed by atoms with Crippen LogP contribution in [0.15, 0.2) is 48.5 Å². The van der Waals surface area contributed by atoms with Gasteiger partial charge < -0.3 is 9.64 Å². The largest absolute Gasteiger partial charge is 0.370 e. The van der Waals surface area contributed by atoms with Crippen molar-refractivity contribution in [3.63, 3.8) is 0 Å². The molecule has 0 saturated carbocycles. The van der Waals surface area contributed by atoms with Crippen molar-refractivity contribution in [2.24, 2.45) is 0 Å². The quantitative estimate of drug-likeness (QED) is 0.847. The molecule has 0 radical (unpaired) electrons. The van der Waals surface area contributed by atoms with E-state index in [2.05, 4.69) is 13.8 Å². The summed E-state index contributed by atoms with van der Waals surface area (Å²) >= 11 is 0. The smallest absolute Gasteiger partial charge is 0.254 e. The van der Waals surface area contributed by atoms with Gasteiger partial charge in [0.2, 0.25) is 0 Å². The highest BCUT2D eigenvalue weighted by molar-refractivity contribution is 5.94. The van der Waals surface area contributed by atoms with Crippen LogP contribution >= 0.6 is 0 Å². The second-order valence-electron chi connectivity index (χ2n) is 6.44. The van der Waals surface area contributed by atoms with Gasteiger partial charge in [-0.15, -0.1) is 0 Å². The minimum absolute atomic E-state index is 0.0146. The number of rotatable bonds is 3. The summed E-state index contributed by atoms with van der Waals surface area (Å²) in [4.78, 5) is 14.5. The van der Waals surface area contributed by atoms with Crippen molar-refractivity contribution in [3.05, 3.63) is 71.0 Å². The van der Waals surface area contributed by atoms with Gasteiger partial charge in [-0.25, -0.2) is 4.39 Å². The van der Waals surface area contributed by atoms with Crippen molar-refractivity contribution in [2.75, 3.05) is 19.7 Å². The minimum Gasteiger partial charge on any atom is -0.370 e. The maximum Gasteiger partial charge on any atom is 0.254 e. The van der Waals surface area contributed by atoms with Crippen molar-refractivity contribution >= 4 is 5.91 Å². The summed E-state index contributed by atoms with van der Waals surface area (Å²) in [6, 6.07) is 14.1.